The Morgan fingerprint density at radius 3 is 2.65 bits per heavy atom. The van der Waals surface area contributed by atoms with E-state index < -0.39 is 5.25 Å². The summed E-state index contributed by atoms with van der Waals surface area (Å²) in [6, 6.07) is 12.5. The first-order chi connectivity index (χ1) is 14.9. The third-order valence-electron chi connectivity index (χ3n) is 4.36. The van der Waals surface area contributed by atoms with Crippen LogP contribution in [0.25, 0.3) is 5.69 Å². The third-order valence-corrected chi connectivity index (χ3v) is 5.79. The number of benzene rings is 2. The minimum absolute atomic E-state index is 0.298. The fraction of sp³-hybridized carbons (Fsp3) is 0.238. The quantitative estimate of drug-likeness (QED) is 0.183. The zero-order valence-corrected chi connectivity index (χ0v) is 18.6. The van der Waals surface area contributed by atoms with Gasteiger partial charge in [0.15, 0.2) is 16.7 Å². The average molecular weight is 461 g/mol. The molecule has 10 heteroatoms. The van der Waals surface area contributed by atoms with Gasteiger partial charge in [-0.2, -0.15) is 0 Å². The van der Waals surface area contributed by atoms with Crippen LogP contribution in [0.3, 0.4) is 0 Å². The van der Waals surface area contributed by atoms with E-state index in [-0.39, 0.29) is 11.5 Å². The van der Waals surface area contributed by atoms with Gasteiger partial charge in [-0.15, -0.1) is 10.2 Å². The molecule has 0 aliphatic carbocycles. The Balaban J connectivity index is 1.96. The maximum absolute atomic E-state index is 11.4. The van der Waals surface area contributed by atoms with E-state index in [1.165, 1.54) is 18.9 Å². The van der Waals surface area contributed by atoms with Crippen molar-refractivity contribution in [2.75, 3.05) is 20.3 Å². The van der Waals surface area contributed by atoms with Crippen LogP contribution in [-0.2, 0) is 0 Å². The number of halogens is 1. The first-order valence-electron chi connectivity index (χ1n) is 9.31. The maximum Gasteiger partial charge on any atom is 0.220 e. The molecule has 1 heterocycles. The summed E-state index contributed by atoms with van der Waals surface area (Å²) in [4.78, 5) is 11.1. The molecule has 2 aromatic carbocycles. The first-order valence-corrected chi connectivity index (χ1v) is 10.6. The fourth-order valence-corrected chi connectivity index (χ4v) is 4.22. The van der Waals surface area contributed by atoms with Gasteiger partial charge in [0.2, 0.25) is 6.54 Å². The van der Waals surface area contributed by atoms with Crippen LogP contribution in [-0.4, -0.2) is 39.9 Å². The van der Waals surface area contributed by atoms with Gasteiger partial charge >= 0.3 is 0 Å². The van der Waals surface area contributed by atoms with Gasteiger partial charge < -0.3 is 9.47 Å². The Labute approximate surface area is 189 Å². The zero-order valence-electron chi connectivity index (χ0n) is 17.0. The van der Waals surface area contributed by atoms with Crippen molar-refractivity contribution >= 4 is 23.4 Å². The van der Waals surface area contributed by atoms with Crippen LogP contribution in [0.15, 0.2) is 60.3 Å². The number of hydrogen-bond donors (Lipinski definition) is 0. The predicted octanol–water partition coefficient (Wildman–Crippen LogP) is 4.91. The molecule has 3 rings (SSSR count). The summed E-state index contributed by atoms with van der Waals surface area (Å²) < 4.78 is 12.8. The van der Waals surface area contributed by atoms with Gasteiger partial charge in [-0.05, 0) is 48.9 Å². The van der Waals surface area contributed by atoms with Crippen molar-refractivity contribution in [3.8, 4) is 17.2 Å². The molecule has 31 heavy (non-hydrogen) atoms. The molecule has 1 atom stereocenters. The van der Waals surface area contributed by atoms with Gasteiger partial charge in [0.25, 0.3) is 0 Å². The Kier molecular flexibility index (Phi) is 7.54. The Morgan fingerprint density at radius 2 is 2.00 bits per heavy atom. The Morgan fingerprint density at radius 1 is 1.26 bits per heavy atom. The summed E-state index contributed by atoms with van der Waals surface area (Å²) in [5, 5.41) is 20.4. The first kappa shape index (κ1) is 22.6. The van der Waals surface area contributed by atoms with Gasteiger partial charge in [0.05, 0.1) is 7.11 Å². The molecule has 8 nitrogen and oxygen atoms in total. The van der Waals surface area contributed by atoms with E-state index in [1.54, 1.807) is 36.4 Å². The molecule has 0 bridgehead atoms. The Bertz CT molecular complexity index is 1070. The number of rotatable bonds is 10. The van der Waals surface area contributed by atoms with E-state index in [0.29, 0.717) is 39.7 Å². The van der Waals surface area contributed by atoms with Crippen LogP contribution in [0.4, 0.5) is 0 Å². The molecule has 0 saturated heterocycles. The number of ether oxygens (including phenoxy) is 2. The van der Waals surface area contributed by atoms with Crippen LogP contribution in [0.5, 0.6) is 11.5 Å². The van der Waals surface area contributed by atoms with E-state index in [9.17, 15) is 10.1 Å². The second kappa shape index (κ2) is 10.3. The summed E-state index contributed by atoms with van der Waals surface area (Å²) in [7, 11) is 1.52. The van der Waals surface area contributed by atoms with Gasteiger partial charge in [-0.1, -0.05) is 42.1 Å². The molecule has 0 radical (unpaired) electrons. The molecule has 0 aliphatic heterocycles. The number of nitrogens with zero attached hydrogens (tertiary/aromatic N) is 4. The molecule has 3 aromatic rings. The van der Waals surface area contributed by atoms with Crippen LogP contribution in [0.1, 0.15) is 16.6 Å². The van der Waals surface area contributed by atoms with E-state index in [0.717, 1.165) is 5.69 Å². The lowest BCUT2D eigenvalue weighted by Crippen LogP contribution is -2.11. The van der Waals surface area contributed by atoms with Crippen molar-refractivity contribution in [3.05, 3.63) is 81.6 Å². The van der Waals surface area contributed by atoms with Crippen LogP contribution >= 0.6 is 23.4 Å². The summed E-state index contributed by atoms with van der Waals surface area (Å²) in [6.45, 7) is 5.48. The maximum atomic E-state index is 11.4. The molecule has 162 valence electrons. The van der Waals surface area contributed by atoms with Crippen LogP contribution in [0, 0.1) is 17.0 Å². The van der Waals surface area contributed by atoms with Crippen molar-refractivity contribution in [1.29, 1.82) is 0 Å². The highest BCUT2D eigenvalue weighted by Gasteiger charge is 2.25. The Hall–Kier alpha value is -3.04. The van der Waals surface area contributed by atoms with Crippen molar-refractivity contribution in [3.63, 3.8) is 0 Å². The highest BCUT2D eigenvalue weighted by molar-refractivity contribution is 7.99. The third kappa shape index (κ3) is 5.56. The minimum Gasteiger partial charge on any atom is -0.493 e. The van der Waals surface area contributed by atoms with Crippen molar-refractivity contribution in [2.45, 2.75) is 17.3 Å². The molecular formula is C21H21ClN4O4S. The number of aryl methyl sites for hydroxylation is 1. The summed E-state index contributed by atoms with van der Waals surface area (Å²) in [5.41, 5.74) is 1.54. The molecule has 0 fully saturated rings. The molecular weight excluding hydrogens is 440 g/mol. The van der Waals surface area contributed by atoms with E-state index in [2.05, 4.69) is 16.8 Å². The standard InChI is InChI=1S/C21H21ClN4O4S/c1-4-11-30-18-10-5-15(12-19(18)29-3)20(13-25(27)28)31-21-24-23-14(2)26(21)17-8-6-16(22)7-9-17/h4-10,12,20H,1,11,13H2,2-3H3/t20-/m0/s1. The molecule has 0 spiro atoms. The lowest BCUT2D eigenvalue weighted by molar-refractivity contribution is -0.479. The molecule has 0 aliphatic rings. The molecule has 0 saturated carbocycles. The zero-order chi connectivity index (χ0) is 22.4. The monoisotopic (exact) mass is 460 g/mol. The topological polar surface area (TPSA) is 92.3 Å². The summed E-state index contributed by atoms with van der Waals surface area (Å²) >= 11 is 7.26. The number of nitro groups is 1. The average Bonchev–Trinajstić information content (AvgIpc) is 3.12. The normalized spacial score (nSPS) is 11.7. The van der Waals surface area contributed by atoms with Gasteiger partial charge in [0.1, 0.15) is 17.7 Å². The predicted molar refractivity (Wildman–Crippen MR) is 120 cm³/mol. The lowest BCUT2D eigenvalue weighted by atomic mass is 10.1. The second-order valence-corrected chi connectivity index (χ2v) is 8.08. The lowest BCUT2D eigenvalue weighted by Gasteiger charge is -2.16. The fourth-order valence-electron chi connectivity index (χ4n) is 2.93. The van der Waals surface area contributed by atoms with E-state index >= 15 is 0 Å². The smallest absolute Gasteiger partial charge is 0.220 e. The van der Waals surface area contributed by atoms with Crippen molar-refractivity contribution in [1.82, 2.24) is 14.8 Å². The number of methoxy groups -OCH3 is 1. The summed E-state index contributed by atoms with van der Waals surface area (Å²) in [5.74, 6) is 1.69. The molecule has 1 aromatic heterocycles. The summed E-state index contributed by atoms with van der Waals surface area (Å²) in [6.07, 6.45) is 1.63. The largest absolute Gasteiger partial charge is 0.493 e. The molecule has 0 N–H and O–H groups in total. The van der Waals surface area contributed by atoms with Crippen LogP contribution in [0.2, 0.25) is 5.02 Å². The molecule has 0 amide bonds. The van der Waals surface area contributed by atoms with Crippen molar-refractivity contribution < 1.29 is 14.4 Å². The highest BCUT2D eigenvalue weighted by atomic mass is 35.5. The van der Waals surface area contributed by atoms with Gasteiger partial charge in [-0.25, -0.2) is 0 Å². The van der Waals surface area contributed by atoms with Gasteiger partial charge in [0, 0.05) is 15.6 Å². The van der Waals surface area contributed by atoms with E-state index in [1.807, 2.05) is 23.6 Å². The number of hydrogen-bond acceptors (Lipinski definition) is 7. The second-order valence-electron chi connectivity index (χ2n) is 6.47. The molecule has 0 unspecified atom stereocenters. The van der Waals surface area contributed by atoms with E-state index in [4.69, 9.17) is 21.1 Å². The van der Waals surface area contributed by atoms with Gasteiger partial charge in [-0.3, -0.25) is 14.7 Å². The number of thioether (sulfide) groups is 1. The SMILES string of the molecule is C=CCOc1ccc([C@H](C[N+](=O)[O-])Sc2nnc(C)n2-c2ccc(Cl)cc2)cc1OC. The highest BCUT2D eigenvalue weighted by Crippen LogP contribution is 2.39. The van der Waals surface area contributed by atoms with Crippen LogP contribution < -0.4 is 9.47 Å². The number of aromatic nitrogens is 3. The van der Waals surface area contributed by atoms with Crippen molar-refractivity contribution in [2.24, 2.45) is 0 Å². The minimum atomic E-state index is -0.521.